The molecule has 0 heterocycles. The quantitative estimate of drug-likeness (QED) is 0.531. The average Bonchev–Trinajstić information content (AvgIpc) is 2.09. The van der Waals surface area contributed by atoms with Gasteiger partial charge in [-0.05, 0) is 17.7 Å². The van der Waals surface area contributed by atoms with Crippen molar-refractivity contribution >= 4 is 23.0 Å². The molecule has 0 aliphatic heterocycles. The van der Waals surface area contributed by atoms with Crippen molar-refractivity contribution < 1.29 is 17.7 Å². The highest BCUT2D eigenvalue weighted by atomic mass is 32.2. The van der Waals surface area contributed by atoms with E-state index in [1.165, 1.54) is 12.1 Å². The Morgan fingerprint density at radius 3 is 2.73 bits per heavy atom. The number of hydrogen-bond donors (Lipinski definition) is 2. The summed E-state index contributed by atoms with van der Waals surface area (Å²) < 4.78 is 25.0. The van der Waals surface area contributed by atoms with Gasteiger partial charge in [0.05, 0.1) is 12.1 Å². The molecule has 0 fully saturated rings. The van der Waals surface area contributed by atoms with E-state index in [0.717, 1.165) is 0 Å². The molecule has 1 rings (SSSR count). The third kappa shape index (κ3) is 3.56. The number of carbonyl (C=O) groups excluding carboxylic acids is 1. The van der Waals surface area contributed by atoms with Crippen LogP contribution in [0, 0.1) is 0 Å². The second-order valence-electron chi connectivity index (χ2n) is 2.80. The van der Waals surface area contributed by atoms with Crippen LogP contribution in [0.2, 0.25) is 0 Å². The molecule has 1 amide bonds. The smallest absolute Gasteiger partial charge is 0.221 e. The Morgan fingerprint density at radius 1 is 1.53 bits per heavy atom. The van der Waals surface area contributed by atoms with E-state index in [1.54, 1.807) is 6.07 Å². The van der Waals surface area contributed by atoms with Gasteiger partial charge in [-0.15, -0.1) is 0 Å². The first-order valence-electron chi connectivity index (χ1n) is 3.93. The molecule has 1 atom stereocenters. The summed E-state index contributed by atoms with van der Waals surface area (Å²) in [7, 11) is 0. The zero-order valence-corrected chi connectivity index (χ0v) is 8.45. The van der Waals surface area contributed by atoms with E-state index in [1.807, 2.05) is 0 Å². The minimum absolute atomic E-state index is 0.00212. The van der Waals surface area contributed by atoms with E-state index in [0.29, 0.717) is 5.56 Å². The first-order chi connectivity index (χ1) is 6.99. The van der Waals surface area contributed by atoms with E-state index in [2.05, 4.69) is 4.18 Å². The lowest BCUT2D eigenvalue weighted by Gasteiger charge is -2.10. The molecule has 0 saturated carbocycles. The van der Waals surface area contributed by atoms with E-state index >= 15 is 0 Å². The van der Waals surface area contributed by atoms with Gasteiger partial charge in [-0.1, -0.05) is 6.07 Å². The highest BCUT2D eigenvalue weighted by Crippen LogP contribution is 2.23. The maximum absolute atomic E-state index is 10.6. The van der Waals surface area contributed by atoms with Crippen LogP contribution in [0.4, 0.5) is 5.69 Å². The molecule has 1 unspecified atom stereocenters. The molecular formula is C8H9N2O4S-. The van der Waals surface area contributed by atoms with Crippen molar-refractivity contribution in [1.82, 2.24) is 0 Å². The molecule has 0 spiro atoms. The molecule has 15 heavy (non-hydrogen) atoms. The van der Waals surface area contributed by atoms with Crippen LogP contribution in [0.3, 0.4) is 0 Å². The number of carbonyl (C=O) groups is 1. The maximum atomic E-state index is 10.6. The zero-order chi connectivity index (χ0) is 11.4. The summed E-state index contributed by atoms with van der Waals surface area (Å²) in [5, 5.41) is 0. The summed E-state index contributed by atoms with van der Waals surface area (Å²) >= 11 is -2.69. The molecule has 0 aliphatic carbocycles. The Kier molecular flexibility index (Phi) is 3.64. The SMILES string of the molecule is NC(=O)Cc1ccc(N)c(OS(=O)[O-])c1. The number of nitrogens with two attached hydrogens (primary N) is 2. The van der Waals surface area contributed by atoms with Gasteiger partial charge in [-0.25, -0.2) is 4.21 Å². The van der Waals surface area contributed by atoms with Crippen molar-refractivity contribution in [3.8, 4) is 5.75 Å². The lowest BCUT2D eigenvalue weighted by atomic mass is 10.1. The van der Waals surface area contributed by atoms with Crippen LogP contribution < -0.4 is 15.7 Å². The third-order valence-electron chi connectivity index (χ3n) is 1.61. The molecule has 0 aromatic heterocycles. The Labute approximate surface area is 88.7 Å². The second-order valence-corrected chi connectivity index (χ2v) is 3.38. The van der Waals surface area contributed by atoms with Gasteiger partial charge in [0.15, 0.2) is 5.75 Å². The largest absolute Gasteiger partial charge is 0.740 e. The van der Waals surface area contributed by atoms with Crippen molar-refractivity contribution in [2.45, 2.75) is 6.42 Å². The molecule has 4 N–H and O–H groups in total. The van der Waals surface area contributed by atoms with E-state index < -0.39 is 17.3 Å². The summed E-state index contributed by atoms with van der Waals surface area (Å²) in [5.41, 5.74) is 11.1. The number of hydrogen-bond acceptors (Lipinski definition) is 5. The van der Waals surface area contributed by atoms with E-state index in [9.17, 15) is 13.6 Å². The summed E-state index contributed by atoms with van der Waals surface area (Å²) in [5.74, 6) is -0.531. The second kappa shape index (κ2) is 4.76. The van der Waals surface area contributed by atoms with Crippen LogP contribution in [0.25, 0.3) is 0 Å². The minimum atomic E-state index is -2.69. The lowest BCUT2D eigenvalue weighted by molar-refractivity contribution is -0.117. The fourth-order valence-corrected chi connectivity index (χ4v) is 1.33. The monoisotopic (exact) mass is 229 g/mol. The first kappa shape index (κ1) is 11.5. The summed E-state index contributed by atoms with van der Waals surface area (Å²) in [4.78, 5) is 10.6. The summed E-state index contributed by atoms with van der Waals surface area (Å²) in [6, 6.07) is 4.37. The van der Waals surface area contributed by atoms with Crippen LogP contribution in [-0.4, -0.2) is 14.7 Å². The van der Waals surface area contributed by atoms with Crippen LogP contribution in [0.15, 0.2) is 18.2 Å². The third-order valence-corrected chi connectivity index (χ3v) is 1.93. The van der Waals surface area contributed by atoms with Crippen molar-refractivity contribution in [2.24, 2.45) is 5.73 Å². The summed E-state index contributed by atoms with van der Waals surface area (Å²) in [6.07, 6.45) is 0.00212. The number of rotatable bonds is 4. The van der Waals surface area contributed by atoms with Gasteiger partial charge < -0.3 is 20.2 Å². The number of benzene rings is 1. The van der Waals surface area contributed by atoms with Gasteiger partial charge in [-0.3, -0.25) is 4.79 Å². The maximum Gasteiger partial charge on any atom is 0.221 e. The molecule has 0 radical (unpaired) electrons. The molecule has 1 aromatic carbocycles. The molecule has 6 nitrogen and oxygen atoms in total. The van der Waals surface area contributed by atoms with E-state index in [4.69, 9.17) is 11.5 Å². The molecule has 0 aliphatic rings. The molecule has 7 heteroatoms. The lowest BCUT2D eigenvalue weighted by Crippen LogP contribution is -2.13. The average molecular weight is 229 g/mol. The van der Waals surface area contributed by atoms with Gasteiger partial charge in [-0.2, -0.15) is 0 Å². The van der Waals surface area contributed by atoms with Gasteiger partial charge in [0, 0.05) is 0 Å². The van der Waals surface area contributed by atoms with Gasteiger partial charge in [0.2, 0.25) is 5.91 Å². The normalized spacial score (nSPS) is 12.1. The zero-order valence-electron chi connectivity index (χ0n) is 7.64. The Morgan fingerprint density at radius 2 is 2.20 bits per heavy atom. The van der Waals surface area contributed by atoms with Crippen molar-refractivity contribution in [3.63, 3.8) is 0 Å². The highest BCUT2D eigenvalue weighted by molar-refractivity contribution is 7.74. The van der Waals surface area contributed by atoms with Crippen LogP contribution in [0.1, 0.15) is 5.56 Å². The van der Waals surface area contributed by atoms with Crippen molar-refractivity contribution in [3.05, 3.63) is 23.8 Å². The van der Waals surface area contributed by atoms with Crippen LogP contribution in [-0.2, 0) is 22.6 Å². The van der Waals surface area contributed by atoms with Gasteiger partial charge >= 0.3 is 0 Å². The molecule has 0 bridgehead atoms. The number of amides is 1. The topological polar surface area (TPSA) is 118 Å². The molecule has 1 aromatic rings. The Balaban J connectivity index is 2.94. The predicted octanol–water partition coefficient (Wildman–Crippen LogP) is -0.530. The predicted molar refractivity (Wildman–Crippen MR) is 53.3 cm³/mol. The molecular weight excluding hydrogens is 220 g/mol. The Hall–Kier alpha value is -1.60. The van der Waals surface area contributed by atoms with Crippen molar-refractivity contribution in [2.75, 3.05) is 5.73 Å². The number of nitrogen functional groups attached to an aromatic ring is 1. The van der Waals surface area contributed by atoms with Crippen LogP contribution >= 0.6 is 0 Å². The fraction of sp³-hybridized carbons (Fsp3) is 0.125. The minimum Gasteiger partial charge on any atom is -0.740 e. The molecule has 82 valence electrons. The standard InChI is InChI=1S/C8H10N2O4S/c9-6-2-1-5(4-8(10)11)3-7(6)14-15(12)13/h1-3H,4,9H2,(H2,10,11)(H,12,13)/p-1. The summed E-state index contributed by atoms with van der Waals surface area (Å²) in [6.45, 7) is 0. The number of anilines is 1. The van der Waals surface area contributed by atoms with Gasteiger partial charge in [0.1, 0.15) is 11.4 Å². The van der Waals surface area contributed by atoms with E-state index in [-0.39, 0.29) is 17.9 Å². The Bertz CT molecular complexity index is 408. The number of primary amides is 1. The highest BCUT2D eigenvalue weighted by Gasteiger charge is 2.05. The first-order valence-corrected chi connectivity index (χ1v) is 4.93. The molecule has 0 saturated heterocycles. The fourth-order valence-electron chi connectivity index (χ4n) is 1.04. The van der Waals surface area contributed by atoms with Crippen LogP contribution in [0.5, 0.6) is 5.75 Å². The van der Waals surface area contributed by atoms with Crippen molar-refractivity contribution in [1.29, 1.82) is 0 Å². The van der Waals surface area contributed by atoms with Gasteiger partial charge in [0.25, 0.3) is 0 Å².